The van der Waals surface area contributed by atoms with Gasteiger partial charge in [0.1, 0.15) is 5.82 Å². The average molecular weight is 286 g/mol. The van der Waals surface area contributed by atoms with Crippen molar-refractivity contribution in [1.82, 2.24) is 9.88 Å². The van der Waals surface area contributed by atoms with Crippen molar-refractivity contribution < 1.29 is 9.50 Å². The molecule has 0 amide bonds. The minimum Gasteiger partial charge on any atom is -0.387 e. The molecule has 1 aromatic heterocycles. The molecule has 0 aromatic carbocycles. The number of aliphatic hydroxyl groups is 1. The SMILES string of the molecule is CCC(CSC)N(C)CCC(O)c1ccc(F)cn1. The Hall–Kier alpha value is -0.650. The van der Waals surface area contributed by atoms with E-state index in [0.29, 0.717) is 18.2 Å². The minimum absolute atomic E-state index is 0.376. The van der Waals surface area contributed by atoms with Gasteiger partial charge in [-0.2, -0.15) is 11.8 Å². The average Bonchev–Trinajstić information content (AvgIpc) is 2.42. The maximum absolute atomic E-state index is 12.7. The molecular weight excluding hydrogens is 263 g/mol. The van der Waals surface area contributed by atoms with Crippen molar-refractivity contribution in [3.8, 4) is 0 Å². The summed E-state index contributed by atoms with van der Waals surface area (Å²) in [5.74, 6) is 0.719. The largest absolute Gasteiger partial charge is 0.387 e. The van der Waals surface area contributed by atoms with E-state index in [2.05, 4.69) is 30.1 Å². The number of hydrogen-bond donors (Lipinski definition) is 1. The molecule has 0 fully saturated rings. The maximum atomic E-state index is 12.7. The van der Waals surface area contributed by atoms with Gasteiger partial charge in [0.15, 0.2) is 0 Å². The lowest BCUT2D eigenvalue weighted by Crippen LogP contribution is -2.34. The van der Waals surface area contributed by atoms with Gasteiger partial charge < -0.3 is 10.0 Å². The van der Waals surface area contributed by atoms with Crippen molar-refractivity contribution in [1.29, 1.82) is 0 Å². The molecule has 1 aromatic rings. The second kappa shape index (κ2) is 8.51. The molecule has 1 N–H and O–H groups in total. The molecule has 2 atom stereocenters. The van der Waals surface area contributed by atoms with Gasteiger partial charge in [-0.25, -0.2) is 4.39 Å². The first-order chi connectivity index (χ1) is 9.08. The van der Waals surface area contributed by atoms with Gasteiger partial charge in [0, 0.05) is 18.3 Å². The van der Waals surface area contributed by atoms with Gasteiger partial charge in [-0.1, -0.05) is 6.92 Å². The van der Waals surface area contributed by atoms with Crippen LogP contribution in [-0.2, 0) is 0 Å². The number of aromatic nitrogens is 1. The Kier molecular flexibility index (Phi) is 7.34. The van der Waals surface area contributed by atoms with Gasteiger partial charge in [0.05, 0.1) is 18.0 Å². The van der Waals surface area contributed by atoms with E-state index in [1.807, 2.05) is 11.8 Å². The van der Waals surface area contributed by atoms with Crippen LogP contribution in [0, 0.1) is 5.82 Å². The van der Waals surface area contributed by atoms with Gasteiger partial charge in [-0.05, 0) is 38.3 Å². The first-order valence-corrected chi connectivity index (χ1v) is 7.96. The summed E-state index contributed by atoms with van der Waals surface area (Å²) in [6.07, 6.45) is 4.33. The third-order valence-corrected chi connectivity index (χ3v) is 4.02. The Morgan fingerprint density at radius 1 is 1.47 bits per heavy atom. The molecule has 0 aliphatic heterocycles. The lowest BCUT2D eigenvalue weighted by atomic mass is 10.1. The summed E-state index contributed by atoms with van der Waals surface area (Å²) >= 11 is 1.84. The van der Waals surface area contributed by atoms with Crippen LogP contribution in [0.25, 0.3) is 0 Å². The molecule has 0 spiro atoms. The molecule has 0 aliphatic carbocycles. The number of pyridine rings is 1. The Labute approximate surface area is 119 Å². The summed E-state index contributed by atoms with van der Waals surface area (Å²) in [7, 11) is 2.08. The fourth-order valence-electron chi connectivity index (χ4n) is 1.99. The zero-order valence-electron chi connectivity index (χ0n) is 11.8. The van der Waals surface area contributed by atoms with E-state index in [1.165, 1.54) is 6.07 Å². The number of nitrogens with zero attached hydrogens (tertiary/aromatic N) is 2. The highest BCUT2D eigenvalue weighted by Gasteiger charge is 2.15. The normalized spacial score (nSPS) is 14.6. The molecule has 0 aliphatic rings. The quantitative estimate of drug-likeness (QED) is 0.797. The summed E-state index contributed by atoms with van der Waals surface area (Å²) in [5, 5.41) is 10.0. The van der Waals surface area contributed by atoms with Crippen LogP contribution in [-0.4, -0.2) is 46.6 Å². The summed E-state index contributed by atoms with van der Waals surface area (Å²) in [6.45, 7) is 2.98. The molecule has 19 heavy (non-hydrogen) atoms. The zero-order valence-corrected chi connectivity index (χ0v) is 12.7. The molecule has 0 saturated carbocycles. The predicted molar refractivity (Wildman–Crippen MR) is 78.9 cm³/mol. The number of aliphatic hydroxyl groups excluding tert-OH is 1. The highest BCUT2D eigenvalue weighted by Crippen LogP contribution is 2.16. The van der Waals surface area contributed by atoms with Crippen LogP contribution < -0.4 is 0 Å². The molecular formula is C14H23FN2OS. The predicted octanol–water partition coefficient (Wildman–Crippen LogP) is 2.72. The highest BCUT2D eigenvalue weighted by atomic mass is 32.2. The topological polar surface area (TPSA) is 36.4 Å². The Bertz CT molecular complexity index is 361. The second-order valence-corrected chi connectivity index (χ2v) is 5.61. The molecule has 2 unspecified atom stereocenters. The molecule has 3 nitrogen and oxygen atoms in total. The summed E-state index contributed by atoms with van der Waals surface area (Å²) < 4.78 is 12.7. The van der Waals surface area contributed by atoms with Crippen molar-refractivity contribution in [2.45, 2.75) is 31.9 Å². The maximum Gasteiger partial charge on any atom is 0.141 e. The van der Waals surface area contributed by atoms with E-state index < -0.39 is 6.10 Å². The van der Waals surface area contributed by atoms with E-state index in [9.17, 15) is 9.50 Å². The lowest BCUT2D eigenvalue weighted by molar-refractivity contribution is 0.135. The zero-order chi connectivity index (χ0) is 14.3. The minimum atomic E-state index is -0.630. The second-order valence-electron chi connectivity index (χ2n) is 4.70. The molecule has 5 heteroatoms. The standard InChI is InChI=1S/C14H23FN2OS/c1-4-12(10-19-3)17(2)8-7-14(18)13-6-5-11(15)9-16-13/h5-6,9,12,14,18H,4,7-8,10H2,1-3H3. The summed E-state index contributed by atoms with van der Waals surface area (Å²) in [6, 6.07) is 3.40. The van der Waals surface area contributed by atoms with Crippen LogP contribution in [0.2, 0.25) is 0 Å². The van der Waals surface area contributed by atoms with Crippen LogP contribution in [0.4, 0.5) is 4.39 Å². The van der Waals surface area contributed by atoms with Crippen molar-refractivity contribution in [3.05, 3.63) is 29.8 Å². The monoisotopic (exact) mass is 286 g/mol. The summed E-state index contributed by atoms with van der Waals surface area (Å²) in [4.78, 5) is 6.18. The number of hydrogen-bond acceptors (Lipinski definition) is 4. The van der Waals surface area contributed by atoms with Crippen molar-refractivity contribution in [3.63, 3.8) is 0 Å². The van der Waals surface area contributed by atoms with Crippen molar-refractivity contribution in [2.24, 2.45) is 0 Å². The van der Waals surface area contributed by atoms with Crippen LogP contribution >= 0.6 is 11.8 Å². The molecule has 1 heterocycles. The van der Waals surface area contributed by atoms with E-state index in [-0.39, 0.29) is 5.82 Å². The highest BCUT2D eigenvalue weighted by molar-refractivity contribution is 7.98. The van der Waals surface area contributed by atoms with Gasteiger partial charge in [-0.15, -0.1) is 0 Å². The van der Waals surface area contributed by atoms with E-state index in [1.54, 1.807) is 6.07 Å². The van der Waals surface area contributed by atoms with Crippen LogP contribution in [0.5, 0.6) is 0 Å². The fourth-order valence-corrected chi connectivity index (χ4v) is 2.86. The molecule has 108 valence electrons. The van der Waals surface area contributed by atoms with Crippen LogP contribution in [0.15, 0.2) is 18.3 Å². The van der Waals surface area contributed by atoms with Crippen molar-refractivity contribution >= 4 is 11.8 Å². The molecule has 0 saturated heterocycles. The van der Waals surface area contributed by atoms with Gasteiger partial charge in [0.25, 0.3) is 0 Å². The van der Waals surface area contributed by atoms with Crippen LogP contribution in [0.3, 0.4) is 0 Å². The van der Waals surface area contributed by atoms with Crippen LogP contribution in [0.1, 0.15) is 31.6 Å². The smallest absolute Gasteiger partial charge is 0.141 e. The summed E-state index contributed by atoms with van der Waals surface area (Å²) in [5.41, 5.74) is 0.535. The first kappa shape index (κ1) is 16.4. The Balaban J connectivity index is 2.44. The van der Waals surface area contributed by atoms with Gasteiger partial charge in [-0.3, -0.25) is 4.98 Å². The van der Waals surface area contributed by atoms with Gasteiger partial charge >= 0.3 is 0 Å². The Morgan fingerprint density at radius 3 is 2.74 bits per heavy atom. The lowest BCUT2D eigenvalue weighted by Gasteiger charge is -2.27. The van der Waals surface area contributed by atoms with Gasteiger partial charge in [0.2, 0.25) is 0 Å². The van der Waals surface area contributed by atoms with Crippen molar-refractivity contribution in [2.75, 3.05) is 25.6 Å². The third-order valence-electron chi connectivity index (χ3n) is 3.30. The number of halogens is 1. The number of thioether (sulfide) groups is 1. The Morgan fingerprint density at radius 2 is 2.21 bits per heavy atom. The molecule has 0 bridgehead atoms. The van der Waals surface area contributed by atoms with E-state index >= 15 is 0 Å². The third kappa shape index (κ3) is 5.47. The fraction of sp³-hybridized carbons (Fsp3) is 0.643. The van der Waals surface area contributed by atoms with E-state index in [0.717, 1.165) is 24.9 Å². The number of rotatable bonds is 8. The molecule has 1 rings (SSSR count). The van der Waals surface area contributed by atoms with E-state index in [4.69, 9.17) is 0 Å². The molecule has 0 radical (unpaired) electrons. The first-order valence-electron chi connectivity index (χ1n) is 6.57.